The molecule has 8 aromatic carbocycles. The lowest BCUT2D eigenvalue weighted by molar-refractivity contribution is 0.359. The molecule has 8 aromatic rings. The molecular formula is C38BF25O2. The van der Waals surface area contributed by atoms with Crippen molar-refractivity contribution in [3.05, 3.63) is 145 Å². The van der Waals surface area contributed by atoms with Gasteiger partial charge >= 0.3 is 7.12 Å². The summed E-state index contributed by atoms with van der Waals surface area (Å²) in [4.78, 5) is 0. The molecule has 0 amide bonds. The first-order valence-corrected chi connectivity index (χ1v) is 16.6. The molecule has 0 saturated heterocycles. The fourth-order valence-corrected chi connectivity index (χ4v) is 7.08. The van der Waals surface area contributed by atoms with Crippen LogP contribution in [-0.2, 0) is 0 Å². The van der Waals surface area contributed by atoms with Crippen LogP contribution in [0.2, 0.25) is 0 Å². The largest absolute Gasteiger partial charge is 0.636 e. The summed E-state index contributed by atoms with van der Waals surface area (Å²) in [5.41, 5.74) is -8.77. The molecule has 342 valence electrons. The molecule has 0 radical (unpaired) electrons. The number of halogens is 25. The van der Waals surface area contributed by atoms with Crippen molar-refractivity contribution in [2.45, 2.75) is 0 Å². The van der Waals surface area contributed by atoms with E-state index in [1.165, 1.54) is 0 Å². The van der Waals surface area contributed by atoms with E-state index >= 15 is 65.9 Å². The molecule has 0 aliphatic heterocycles. The first-order valence-electron chi connectivity index (χ1n) is 16.6. The Labute approximate surface area is 343 Å². The molecule has 0 fully saturated rings. The van der Waals surface area contributed by atoms with Gasteiger partial charge in [-0.3, -0.25) is 0 Å². The number of rotatable bonds is 6. The summed E-state index contributed by atoms with van der Waals surface area (Å²) < 4.78 is 389. The quantitative estimate of drug-likeness (QED) is 0.0543. The third-order valence-electron chi connectivity index (χ3n) is 9.92. The third kappa shape index (κ3) is 5.70. The van der Waals surface area contributed by atoms with Gasteiger partial charge in [0.2, 0.25) is 23.3 Å². The molecule has 0 aromatic heterocycles. The van der Waals surface area contributed by atoms with Gasteiger partial charge in [0.05, 0.1) is 43.5 Å². The Kier molecular flexibility index (Phi) is 10.4. The molecule has 66 heavy (non-hydrogen) atoms. The van der Waals surface area contributed by atoms with Gasteiger partial charge in [0.15, 0.2) is 134 Å². The Hall–Kier alpha value is -7.03. The normalized spacial score (nSPS) is 12.0. The first-order chi connectivity index (χ1) is 30.7. The maximum atomic E-state index is 16.6. The lowest BCUT2D eigenvalue weighted by atomic mass is 9.72. The lowest BCUT2D eigenvalue weighted by Crippen LogP contribution is -2.46. The molecule has 0 spiro atoms. The standard InChI is InChI=1S/C38BF25O2/c40-12-3-1-2-5(13(12)41)17(45)26(54)18(46)6(2)15(43)14(42)4(1)16(44)25(53)11(3)39(65-37-10-8(22(50)32(60)35(37)63)19(47)27(55)30(58)23(10)51)66-38-9(24(52)31(59)34(62)36(38)64)7-20(48)28(56)33(61)29(57)21(7)49. The minimum absolute atomic E-state index is 2.09. The highest BCUT2D eigenvalue weighted by molar-refractivity contribution is 6.66. The number of hydrogen-bond donors (Lipinski definition) is 0. The van der Waals surface area contributed by atoms with Crippen molar-refractivity contribution in [2.24, 2.45) is 0 Å². The molecule has 8 rings (SSSR count). The zero-order valence-electron chi connectivity index (χ0n) is 29.8. The van der Waals surface area contributed by atoms with Crippen LogP contribution in [-0.4, -0.2) is 7.12 Å². The summed E-state index contributed by atoms with van der Waals surface area (Å²) in [5.74, 6) is -84.7. The maximum Gasteiger partial charge on any atom is 0.636 e. The predicted molar refractivity (Wildman–Crippen MR) is 172 cm³/mol. The summed E-state index contributed by atoms with van der Waals surface area (Å²) in [7, 11) is -4.53. The molecule has 0 saturated carbocycles. The van der Waals surface area contributed by atoms with Gasteiger partial charge in [-0.15, -0.1) is 0 Å². The average molecular weight is 974 g/mol. The van der Waals surface area contributed by atoms with Crippen LogP contribution in [0.15, 0.2) is 0 Å². The second-order valence-electron chi connectivity index (χ2n) is 13.2. The van der Waals surface area contributed by atoms with Crippen molar-refractivity contribution in [1.82, 2.24) is 0 Å². The van der Waals surface area contributed by atoms with Crippen molar-refractivity contribution in [3.8, 4) is 22.6 Å². The van der Waals surface area contributed by atoms with Crippen molar-refractivity contribution < 1.29 is 119 Å². The van der Waals surface area contributed by atoms with E-state index in [1.807, 2.05) is 0 Å². The highest BCUT2D eigenvalue weighted by Crippen LogP contribution is 2.47. The molecule has 0 aliphatic rings. The van der Waals surface area contributed by atoms with Gasteiger partial charge < -0.3 is 9.31 Å². The Morgan fingerprint density at radius 1 is 0.182 bits per heavy atom. The minimum Gasteiger partial charge on any atom is -0.519 e. The molecule has 0 bridgehead atoms. The van der Waals surface area contributed by atoms with E-state index in [1.54, 1.807) is 0 Å². The lowest BCUT2D eigenvalue weighted by Gasteiger charge is -2.25. The molecule has 2 nitrogen and oxygen atoms in total. The van der Waals surface area contributed by atoms with Crippen LogP contribution in [0, 0.1) is 145 Å². The van der Waals surface area contributed by atoms with Crippen molar-refractivity contribution in [1.29, 1.82) is 0 Å². The second-order valence-corrected chi connectivity index (χ2v) is 13.2. The van der Waals surface area contributed by atoms with E-state index in [-0.39, 0.29) is 0 Å². The van der Waals surface area contributed by atoms with Gasteiger partial charge in [0, 0.05) is 16.2 Å². The summed E-state index contributed by atoms with van der Waals surface area (Å²) in [6.45, 7) is 0. The predicted octanol–water partition coefficient (Wildman–Crippen LogP) is 12.7. The summed E-state index contributed by atoms with van der Waals surface area (Å²) in [6.07, 6.45) is 0. The van der Waals surface area contributed by atoms with Gasteiger partial charge in [-0.1, -0.05) is 0 Å². The summed E-state index contributed by atoms with van der Waals surface area (Å²) in [5, 5.41) is -19.2. The van der Waals surface area contributed by atoms with E-state index in [0.29, 0.717) is 0 Å². The zero-order chi connectivity index (χ0) is 48.9. The number of fused-ring (bicyclic) bond motifs is 1. The molecule has 28 heteroatoms. The molecule has 0 N–H and O–H groups in total. The molecule has 0 aliphatic carbocycles. The second kappa shape index (κ2) is 15.0. The Morgan fingerprint density at radius 2 is 0.424 bits per heavy atom. The van der Waals surface area contributed by atoms with E-state index in [4.69, 9.17) is 0 Å². The van der Waals surface area contributed by atoms with Gasteiger partial charge in [-0.05, 0) is 0 Å². The highest BCUT2D eigenvalue weighted by Gasteiger charge is 2.45. The maximum absolute atomic E-state index is 16.6. The highest BCUT2D eigenvalue weighted by atomic mass is 19.2. The Morgan fingerprint density at radius 3 is 0.879 bits per heavy atom. The summed E-state index contributed by atoms with van der Waals surface area (Å²) >= 11 is 0. The van der Waals surface area contributed by atoms with Gasteiger partial charge in [0.1, 0.15) is 0 Å². The summed E-state index contributed by atoms with van der Waals surface area (Å²) in [6, 6.07) is 0. The zero-order valence-corrected chi connectivity index (χ0v) is 29.8. The Bertz CT molecular complexity index is 3500. The Balaban J connectivity index is 1.62. The van der Waals surface area contributed by atoms with Crippen molar-refractivity contribution in [3.63, 3.8) is 0 Å². The first kappa shape index (κ1) is 45.5. The fraction of sp³-hybridized carbons (Fsp3) is 0. The van der Waals surface area contributed by atoms with Crippen LogP contribution in [0.25, 0.3) is 54.2 Å². The van der Waals surface area contributed by atoms with Crippen LogP contribution in [0.3, 0.4) is 0 Å². The monoisotopic (exact) mass is 974 g/mol. The van der Waals surface area contributed by atoms with Crippen LogP contribution in [0.5, 0.6) is 11.5 Å². The molecule has 0 atom stereocenters. The minimum atomic E-state index is -4.53. The average Bonchev–Trinajstić information content (AvgIpc) is 3.28. The SMILES string of the molecule is Fc1c(F)c(F)c(-c2c(F)c(F)c(F)c(F)c2OB(Oc2c(F)c(F)c(F)c3c(F)c(F)c(F)c(F)c23)c2c(F)c(F)c3c(F)c(F)c4c(F)c(F)c(F)c5c(F)c(F)c2c3c45)c(F)c1F. The van der Waals surface area contributed by atoms with E-state index in [0.717, 1.165) is 0 Å². The van der Waals surface area contributed by atoms with Crippen molar-refractivity contribution >= 4 is 55.7 Å². The van der Waals surface area contributed by atoms with Crippen LogP contribution >= 0.6 is 0 Å². The molecule has 0 heterocycles. The van der Waals surface area contributed by atoms with Gasteiger partial charge in [-0.25, -0.2) is 101 Å². The molecule has 0 unspecified atom stereocenters. The topological polar surface area (TPSA) is 18.5 Å². The van der Waals surface area contributed by atoms with Crippen LogP contribution < -0.4 is 14.8 Å². The van der Waals surface area contributed by atoms with E-state index in [9.17, 15) is 43.9 Å². The van der Waals surface area contributed by atoms with Crippen LogP contribution in [0.1, 0.15) is 0 Å². The number of hydrogen-bond acceptors (Lipinski definition) is 2. The fourth-order valence-electron chi connectivity index (χ4n) is 7.08. The van der Waals surface area contributed by atoms with Gasteiger partial charge in [-0.2, -0.15) is 8.78 Å². The van der Waals surface area contributed by atoms with Crippen molar-refractivity contribution in [2.75, 3.05) is 0 Å². The third-order valence-corrected chi connectivity index (χ3v) is 9.92. The van der Waals surface area contributed by atoms with Gasteiger partial charge in [0.25, 0.3) is 0 Å². The number of benzene rings is 8. The van der Waals surface area contributed by atoms with E-state index in [2.05, 4.69) is 9.31 Å². The van der Waals surface area contributed by atoms with E-state index < -0.39 is 224 Å². The smallest absolute Gasteiger partial charge is 0.519 e. The van der Waals surface area contributed by atoms with Crippen LogP contribution in [0.4, 0.5) is 110 Å². The molecular weight excluding hydrogens is 974 g/mol.